The zero-order valence-corrected chi connectivity index (χ0v) is 10.9. The summed E-state index contributed by atoms with van der Waals surface area (Å²) in [6.07, 6.45) is 0. The number of nitrogens with zero attached hydrogens (tertiary/aromatic N) is 2. The lowest BCUT2D eigenvalue weighted by atomic mass is 10.2. The van der Waals surface area contributed by atoms with Gasteiger partial charge in [0.2, 0.25) is 0 Å². The van der Waals surface area contributed by atoms with Crippen molar-refractivity contribution in [2.75, 3.05) is 5.43 Å². The molecule has 96 valence electrons. The van der Waals surface area contributed by atoms with E-state index in [1.54, 1.807) is 4.68 Å². The van der Waals surface area contributed by atoms with E-state index in [1.165, 1.54) is 5.56 Å². The van der Waals surface area contributed by atoms with Gasteiger partial charge in [-0.05, 0) is 31.5 Å². The van der Waals surface area contributed by atoms with E-state index in [4.69, 9.17) is 10.6 Å². The van der Waals surface area contributed by atoms with Gasteiger partial charge in [0.05, 0.1) is 11.3 Å². The van der Waals surface area contributed by atoms with Crippen LogP contribution >= 0.6 is 0 Å². The highest BCUT2D eigenvalue weighted by atomic mass is 16.5. The fourth-order valence-electron chi connectivity index (χ4n) is 1.92. The lowest BCUT2D eigenvalue weighted by molar-refractivity contribution is 0.306. The van der Waals surface area contributed by atoms with Crippen molar-refractivity contribution >= 4 is 5.82 Å². The summed E-state index contributed by atoms with van der Waals surface area (Å²) in [7, 11) is 1.85. The van der Waals surface area contributed by atoms with Gasteiger partial charge in [0.15, 0.2) is 0 Å². The molecule has 0 saturated heterocycles. The van der Waals surface area contributed by atoms with Gasteiger partial charge >= 0.3 is 0 Å². The van der Waals surface area contributed by atoms with Gasteiger partial charge in [0.25, 0.3) is 0 Å². The molecule has 0 bridgehead atoms. The van der Waals surface area contributed by atoms with Crippen LogP contribution in [0.3, 0.4) is 0 Å². The van der Waals surface area contributed by atoms with Crippen LogP contribution in [0.1, 0.15) is 16.8 Å². The summed E-state index contributed by atoms with van der Waals surface area (Å²) < 4.78 is 7.47. The third kappa shape index (κ3) is 2.46. The SMILES string of the molecule is Cc1cccc(OCc2c(C)nn(C)c2NN)c1. The second-order valence-electron chi connectivity index (χ2n) is 4.29. The van der Waals surface area contributed by atoms with E-state index in [1.807, 2.05) is 45.2 Å². The van der Waals surface area contributed by atoms with Crippen molar-refractivity contribution in [3.05, 3.63) is 41.1 Å². The first-order valence-electron chi connectivity index (χ1n) is 5.80. The van der Waals surface area contributed by atoms with Gasteiger partial charge in [-0.15, -0.1) is 0 Å². The van der Waals surface area contributed by atoms with Crippen molar-refractivity contribution in [1.82, 2.24) is 9.78 Å². The number of aryl methyl sites for hydroxylation is 3. The minimum absolute atomic E-state index is 0.447. The summed E-state index contributed by atoms with van der Waals surface area (Å²) in [5.74, 6) is 7.12. The number of hydrazine groups is 1. The van der Waals surface area contributed by atoms with Gasteiger partial charge in [0.1, 0.15) is 18.2 Å². The van der Waals surface area contributed by atoms with Gasteiger partial charge < -0.3 is 10.2 Å². The van der Waals surface area contributed by atoms with Crippen molar-refractivity contribution in [3.8, 4) is 5.75 Å². The molecule has 0 fully saturated rings. The van der Waals surface area contributed by atoms with Crippen LogP contribution in [0.4, 0.5) is 5.82 Å². The van der Waals surface area contributed by atoms with Crippen LogP contribution in [0.25, 0.3) is 0 Å². The zero-order chi connectivity index (χ0) is 13.1. The van der Waals surface area contributed by atoms with E-state index in [-0.39, 0.29) is 0 Å². The number of hydrogen-bond acceptors (Lipinski definition) is 4. The average molecular weight is 246 g/mol. The molecule has 0 spiro atoms. The maximum atomic E-state index is 5.76. The van der Waals surface area contributed by atoms with E-state index in [9.17, 15) is 0 Å². The lowest BCUT2D eigenvalue weighted by Gasteiger charge is -2.08. The molecule has 0 atom stereocenters. The van der Waals surface area contributed by atoms with Crippen LogP contribution in [-0.2, 0) is 13.7 Å². The number of anilines is 1. The third-order valence-corrected chi connectivity index (χ3v) is 2.86. The Morgan fingerprint density at radius 3 is 2.83 bits per heavy atom. The molecule has 18 heavy (non-hydrogen) atoms. The molecule has 0 aliphatic carbocycles. The lowest BCUT2D eigenvalue weighted by Crippen LogP contribution is -2.13. The van der Waals surface area contributed by atoms with E-state index >= 15 is 0 Å². The van der Waals surface area contributed by atoms with Crippen LogP contribution < -0.4 is 16.0 Å². The topological polar surface area (TPSA) is 65.1 Å². The van der Waals surface area contributed by atoms with E-state index < -0.39 is 0 Å². The number of nitrogens with two attached hydrogens (primary N) is 1. The predicted molar refractivity (Wildman–Crippen MR) is 71.3 cm³/mol. The number of benzene rings is 1. The van der Waals surface area contributed by atoms with Gasteiger partial charge in [-0.2, -0.15) is 5.10 Å². The molecule has 0 amide bonds. The van der Waals surface area contributed by atoms with Gasteiger partial charge in [-0.3, -0.25) is 4.68 Å². The fourth-order valence-corrected chi connectivity index (χ4v) is 1.92. The molecular formula is C13H18N4O. The Balaban J connectivity index is 2.15. The van der Waals surface area contributed by atoms with Crippen LogP contribution in [0.2, 0.25) is 0 Å². The molecule has 1 aromatic carbocycles. The number of aromatic nitrogens is 2. The minimum Gasteiger partial charge on any atom is -0.489 e. The Bertz CT molecular complexity index is 548. The summed E-state index contributed by atoms with van der Waals surface area (Å²) in [6, 6.07) is 7.95. The molecule has 1 heterocycles. The van der Waals surface area contributed by atoms with Crippen molar-refractivity contribution in [1.29, 1.82) is 0 Å². The van der Waals surface area contributed by atoms with Gasteiger partial charge in [0, 0.05) is 7.05 Å². The highest BCUT2D eigenvalue weighted by molar-refractivity contribution is 5.46. The summed E-state index contributed by atoms with van der Waals surface area (Å²) in [5.41, 5.74) is 5.72. The minimum atomic E-state index is 0.447. The standard InChI is InChI=1S/C13H18N4O/c1-9-5-4-6-11(7-9)18-8-12-10(2)16-17(3)13(12)15-14/h4-7,15H,8,14H2,1-3H3. The number of rotatable bonds is 4. The molecule has 0 unspecified atom stereocenters. The predicted octanol–water partition coefficient (Wildman–Crippen LogP) is 1.90. The maximum absolute atomic E-state index is 5.76. The summed E-state index contributed by atoms with van der Waals surface area (Å²) >= 11 is 0. The maximum Gasteiger partial charge on any atom is 0.145 e. The van der Waals surface area contributed by atoms with E-state index in [2.05, 4.69) is 10.5 Å². The second kappa shape index (κ2) is 5.10. The Morgan fingerprint density at radius 2 is 2.17 bits per heavy atom. The Kier molecular flexibility index (Phi) is 3.53. The first-order valence-corrected chi connectivity index (χ1v) is 5.80. The first-order chi connectivity index (χ1) is 8.61. The molecule has 5 nitrogen and oxygen atoms in total. The number of hydrogen-bond donors (Lipinski definition) is 2. The molecular weight excluding hydrogens is 228 g/mol. The summed E-state index contributed by atoms with van der Waals surface area (Å²) in [5, 5.41) is 4.31. The van der Waals surface area contributed by atoms with E-state index in [0.29, 0.717) is 6.61 Å². The molecule has 1 aromatic heterocycles. The highest BCUT2D eigenvalue weighted by Crippen LogP contribution is 2.21. The van der Waals surface area contributed by atoms with Crippen molar-refractivity contribution in [2.24, 2.45) is 12.9 Å². The molecule has 0 radical (unpaired) electrons. The van der Waals surface area contributed by atoms with Gasteiger partial charge in [-0.1, -0.05) is 12.1 Å². The second-order valence-corrected chi connectivity index (χ2v) is 4.29. The van der Waals surface area contributed by atoms with Crippen LogP contribution in [-0.4, -0.2) is 9.78 Å². The molecule has 0 aliphatic heterocycles. The Morgan fingerprint density at radius 1 is 1.39 bits per heavy atom. The molecule has 5 heteroatoms. The highest BCUT2D eigenvalue weighted by Gasteiger charge is 2.12. The first kappa shape index (κ1) is 12.4. The quantitative estimate of drug-likeness (QED) is 0.639. The molecule has 0 saturated carbocycles. The van der Waals surface area contributed by atoms with Gasteiger partial charge in [-0.25, -0.2) is 5.84 Å². The van der Waals surface area contributed by atoms with Crippen LogP contribution in [0.5, 0.6) is 5.75 Å². The Hall–Kier alpha value is -2.01. The van der Waals surface area contributed by atoms with Crippen LogP contribution in [0, 0.1) is 13.8 Å². The van der Waals surface area contributed by atoms with Crippen molar-refractivity contribution in [3.63, 3.8) is 0 Å². The molecule has 2 aromatic rings. The molecule has 3 N–H and O–H groups in total. The fraction of sp³-hybridized carbons (Fsp3) is 0.308. The molecule has 0 aliphatic rings. The zero-order valence-electron chi connectivity index (χ0n) is 10.9. The summed E-state index contributed by atoms with van der Waals surface area (Å²) in [6.45, 7) is 4.42. The monoisotopic (exact) mass is 246 g/mol. The number of nitrogens with one attached hydrogen (secondary N) is 1. The van der Waals surface area contributed by atoms with Crippen LogP contribution in [0.15, 0.2) is 24.3 Å². The van der Waals surface area contributed by atoms with Crippen molar-refractivity contribution in [2.45, 2.75) is 20.5 Å². The van der Waals surface area contributed by atoms with E-state index in [0.717, 1.165) is 22.8 Å². The Labute approximate surface area is 107 Å². The average Bonchev–Trinajstić information content (AvgIpc) is 2.60. The molecule has 2 rings (SSSR count). The summed E-state index contributed by atoms with van der Waals surface area (Å²) in [4.78, 5) is 0. The number of nitrogen functional groups attached to an aromatic ring is 1. The number of ether oxygens (including phenoxy) is 1. The van der Waals surface area contributed by atoms with Crippen molar-refractivity contribution < 1.29 is 4.74 Å². The normalized spacial score (nSPS) is 10.4. The smallest absolute Gasteiger partial charge is 0.145 e. The third-order valence-electron chi connectivity index (χ3n) is 2.86. The largest absolute Gasteiger partial charge is 0.489 e.